The molecule has 17 heavy (non-hydrogen) atoms. The summed E-state index contributed by atoms with van der Waals surface area (Å²) in [5, 5.41) is 12.9. The van der Waals surface area contributed by atoms with E-state index in [0.717, 1.165) is 10.7 Å². The smallest absolute Gasteiger partial charge is 0.341 e. The summed E-state index contributed by atoms with van der Waals surface area (Å²) in [4.78, 5) is 22.3. The lowest BCUT2D eigenvalue weighted by Crippen LogP contribution is -2.26. The molecule has 0 atom stereocenters. The Morgan fingerprint density at radius 3 is 2.76 bits per heavy atom. The van der Waals surface area contributed by atoms with Crippen molar-refractivity contribution >= 4 is 17.6 Å². The first-order valence-electron chi connectivity index (χ1n) is 4.56. The van der Waals surface area contributed by atoms with Crippen LogP contribution in [0, 0.1) is 0 Å². The predicted octanol–water partition coefficient (Wildman–Crippen LogP) is 1.39. The summed E-state index contributed by atoms with van der Waals surface area (Å²) < 4.78 is 6.03. The highest BCUT2D eigenvalue weighted by Gasteiger charge is 2.15. The van der Waals surface area contributed by atoms with Crippen LogP contribution in [0.15, 0.2) is 27.4 Å². The Kier molecular flexibility index (Phi) is 2.72. The van der Waals surface area contributed by atoms with Gasteiger partial charge in [-0.05, 0) is 29.8 Å². The van der Waals surface area contributed by atoms with Gasteiger partial charge in [0.2, 0.25) is 0 Å². The van der Waals surface area contributed by atoms with Crippen LogP contribution in [0.3, 0.4) is 0 Å². The average molecular weight is 255 g/mol. The molecule has 0 spiro atoms. The molecule has 0 aliphatic rings. The Bertz CT molecular complexity index is 644. The molecule has 0 bridgehead atoms. The molecule has 0 fully saturated rings. The number of carboxylic acids is 1. The molecule has 0 aliphatic heterocycles. The van der Waals surface area contributed by atoms with Gasteiger partial charge in [-0.1, -0.05) is 0 Å². The van der Waals surface area contributed by atoms with Crippen molar-refractivity contribution in [1.82, 2.24) is 9.78 Å². The summed E-state index contributed by atoms with van der Waals surface area (Å²) in [6.07, 6.45) is 0. The van der Waals surface area contributed by atoms with Crippen molar-refractivity contribution in [2.24, 2.45) is 7.05 Å². The Balaban J connectivity index is 2.65. The number of hydrogen-bond donors (Lipinski definition) is 1. The Morgan fingerprint density at radius 2 is 2.24 bits per heavy atom. The molecule has 7 heteroatoms. The molecule has 0 saturated heterocycles. The molecule has 0 aliphatic carbocycles. The lowest BCUT2D eigenvalue weighted by molar-refractivity contribution is 0.0694. The van der Waals surface area contributed by atoms with Gasteiger partial charge in [0.15, 0.2) is 11.0 Å². The fourth-order valence-electron chi connectivity index (χ4n) is 1.33. The predicted molar refractivity (Wildman–Crippen MR) is 59.1 cm³/mol. The van der Waals surface area contributed by atoms with Crippen molar-refractivity contribution < 1.29 is 14.3 Å². The minimum absolute atomic E-state index is 0.160. The van der Waals surface area contributed by atoms with E-state index < -0.39 is 11.5 Å². The maximum Gasteiger partial charge on any atom is 0.341 e. The summed E-state index contributed by atoms with van der Waals surface area (Å²) in [6.45, 7) is 0. The topological polar surface area (TPSA) is 85.3 Å². The molecule has 2 aromatic rings. The van der Waals surface area contributed by atoms with Gasteiger partial charge < -0.3 is 9.52 Å². The van der Waals surface area contributed by atoms with E-state index in [0.29, 0.717) is 5.76 Å². The van der Waals surface area contributed by atoms with Crippen molar-refractivity contribution in [3.63, 3.8) is 0 Å². The van der Waals surface area contributed by atoms with Crippen molar-refractivity contribution in [2.75, 3.05) is 0 Å². The standard InChI is InChI=1S/C10H7ClN2O4/c1-13-9(14)5(10(15)16)4-6(12-13)7-2-3-8(11)17-7/h2-4H,1H3,(H,15,16). The highest BCUT2D eigenvalue weighted by atomic mass is 35.5. The van der Waals surface area contributed by atoms with E-state index in [-0.39, 0.29) is 16.5 Å². The van der Waals surface area contributed by atoms with Gasteiger partial charge in [0.25, 0.3) is 5.56 Å². The van der Waals surface area contributed by atoms with Gasteiger partial charge in [-0.2, -0.15) is 5.10 Å². The second kappa shape index (κ2) is 4.06. The number of carboxylic acid groups (broad SMARTS) is 1. The summed E-state index contributed by atoms with van der Waals surface area (Å²) in [7, 11) is 1.36. The van der Waals surface area contributed by atoms with Crippen LogP contribution in [0.25, 0.3) is 11.5 Å². The zero-order chi connectivity index (χ0) is 12.6. The lowest BCUT2D eigenvalue weighted by atomic mass is 10.2. The van der Waals surface area contributed by atoms with Crippen molar-refractivity contribution in [1.29, 1.82) is 0 Å². The number of aryl methyl sites for hydroxylation is 1. The van der Waals surface area contributed by atoms with Gasteiger partial charge >= 0.3 is 5.97 Å². The van der Waals surface area contributed by atoms with Crippen LogP contribution in [0.5, 0.6) is 0 Å². The second-order valence-electron chi connectivity index (χ2n) is 3.28. The fraction of sp³-hybridized carbons (Fsp3) is 0.100. The summed E-state index contributed by atoms with van der Waals surface area (Å²) in [5.74, 6) is -1.01. The van der Waals surface area contributed by atoms with Crippen LogP contribution in [0.2, 0.25) is 5.22 Å². The number of halogens is 1. The minimum atomic E-state index is -1.31. The Hall–Kier alpha value is -2.08. The number of aromatic nitrogens is 2. The maximum atomic E-state index is 11.5. The zero-order valence-corrected chi connectivity index (χ0v) is 9.43. The second-order valence-corrected chi connectivity index (χ2v) is 3.65. The molecule has 0 radical (unpaired) electrons. The number of carbonyl (C=O) groups is 1. The number of hydrogen-bond acceptors (Lipinski definition) is 4. The van der Waals surface area contributed by atoms with E-state index in [1.165, 1.54) is 13.1 Å². The highest BCUT2D eigenvalue weighted by Crippen LogP contribution is 2.22. The van der Waals surface area contributed by atoms with E-state index in [4.69, 9.17) is 21.1 Å². The van der Waals surface area contributed by atoms with E-state index in [9.17, 15) is 9.59 Å². The minimum Gasteiger partial charge on any atom is -0.477 e. The van der Waals surface area contributed by atoms with Crippen LogP contribution in [0.1, 0.15) is 10.4 Å². The van der Waals surface area contributed by atoms with Gasteiger partial charge in [0.1, 0.15) is 11.3 Å². The monoisotopic (exact) mass is 254 g/mol. The maximum absolute atomic E-state index is 11.5. The number of rotatable bonds is 2. The first kappa shape index (κ1) is 11.4. The average Bonchev–Trinajstić information content (AvgIpc) is 2.68. The first-order valence-corrected chi connectivity index (χ1v) is 4.94. The first-order chi connectivity index (χ1) is 7.99. The number of nitrogens with zero attached hydrogens (tertiary/aromatic N) is 2. The summed E-state index contributed by atoms with van der Waals surface area (Å²) in [6, 6.07) is 4.20. The van der Waals surface area contributed by atoms with E-state index in [2.05, 4.69) is 5.10 Å². The van der Waals surface area contributed by atoms with E-state index in [1.807, 2.05) is 0 Å². The molecule has 0 aromatic carbocycles. The van der Waals surface area contributed by atoms with Crippen LogP contribution in [0.4, 0.5) is 0 Å². The van der Waals surface area contributed by atoms with Gasteiger partial charge in [-0.3, -0.25) is 4.79 Å². The molecule has 2 aromatic heterocycles. The zero-order valence-electron chi connectivity index (χ0n) is 8.68. The normalized spacial score (nSPS) is 10.5. The summed E-state index contributed by atoms with van der Waals surface area (Å²) >= 11 is 5.60. The van der Waals surface area contributed by atoms with E-state index in [1.54, 1.807) is 6.07 Å². The van der Waals surface area contributed by atoms with Gasteiger partial charge in [-0.15, -0.1) is 0 Å². The summed E-state index contributed by atoms with van der Waals surface area (Å²) in [5.41, 5.74) is -0.819. The molecule has 0 unspecified atom stereocenters. The SMILES string of the molecule is Cn1nc(-c2ccc(Cl)o2)cc(C(=O)O)c1=O. The van der Waals surface area contributed by atoms with Crippen LogP contribution in [-0.2, 0) is 7.05 Å². The fourth-order valence-corrected chi connectivity index (χ4v) is 1.48. The molecule has 2 rings (SSSR count). The molecule has 88 valence electrons. The van der Waals surface area contributed by atoms with Crippen molar-refractivity contribution in [3.05, 3.63) is 39.3 Å². The Morgan fingerprint density at radius 1 is 1.53 bits per heavy atom. The molecule has 0 amide bonds. The third kappa shape index (κ3) is 2.07. The molecular formula is C10H7ClN2O4. The van der Waals surface area contributed by atoms with E-state index >= 15 is 0 Å². The largest absolute Gasteiger partial charge is 0.477 e. The van der Waals surface area contributed by atoms with Gasteiger partial charge in [-0.25, -0.2) is 9.48 Å². The highest BCUT2D eigenvalue weighted by molar-refractivity contribution is 6.28. The third-order valence-corrected chi connectivity index (χ3v) is 2.32. The quantitative estimate of drug-likeness (QED) is 0.875. The molecular weight excluding hydrogens is 248 g/mol. The van der Waals surface area contributed by atoms with Crippen LogP contribution >= 0.6 is 11.6 Å². The number of aromatic carboxylic acids is 1. The number of furan rings is 1. The lowest BCUT2D eigenvalue weighted by Gasteiger charge is -2.02. The van der Waals surface area contributed by atoms with Crippen molar-refractivity contribution in [3.8, 4) is 11.5 Å². The molecule has 1 N–H and O–H groups in total. The molecule has 6 nitrogen and oxygen atoms in total. The van der Waals surface area contributed by atoms with Gasteiger partial charge in [0, 0.05) is 7.05 Å². The molecule has 0 saturated carbocycles. The molecule has 2 heterocycles. The van der Waals surface area contributed by atoms with Gasteiger partial charge in [0.05, 0.1) is 0 Å². The third-order valence-electron chi connectivity index (χ3n) is 2.12. The Labute approximate surface area is 100 Å². The van der Waals surface area contributed by atoms with Crippen LogP contribution in [-0.4, -0.2) is 20.9 Å². The van der Waals surface area contributed by atoms with Crippen LogP contribution < -0.4 is 5.56 Å². The van der Waals surface area contributed by atoms with Crippen molar-refractivity contribution in [2.45, 2.75) is 0 Å².